The largest absolute Gasteiger partial charge is 0.493 e. The average molecular weight is 455 g/mol. The van der Waals surface area contributed by atoms with Crippen LogP contribution >= 0.6 is 0 Å². The predicted molar refractivity (Wildman–Crippen MR) is 133 cm³/mol. The summed E-state index contributed by atoms with van der Waals surface area (Å²) >= 11 is 0. The van der Waals surface area contributed by atoms with Crippen LogP contribution in [-0.2, 0) is 12.8 Å². The standard InChI is InChI=1S/C27H26N4O3/c1-33-24-10-8-19(16-25(24)34-2)29-26-20-5-3-4-6-22(20)31-23-9-7-18(15-21(23)26)30-27(32)17-11-13-28-14-12-17/h7-16H,3-6H2,1-2H3,(H,29,31)(H,30,32). The van der Waals surface area contributed by atoms with Gasteiger partial charge in [0.1, 0.15) is 0 Å². The van der Waals surface area contributed by atoms with Crippen LogP contribution in [0.25, 0.3) is 10.9 Å². The number of nitrogens with one attached hydrogen (secondary N) is 2. The number of pyridine rings is 2. The third kappa shape index (κ3) is 4.24. The quantitative estimate of drug-likeness (QED) is 0.399. The minimum Gasteiger partial charge on any atom is -0.493 e. The summed E-state index contributed by atoms with van der Waals surface area (Å²) in [6, 6.07) is 15.0. The number of nitrogens with zero attached hydrogens (tertiary/aromatic N) is 2. The Balaban J connectivity index is 1.57. The van der Waals surface area contributed by atoms with Gasteiger partial charge in [0.2, 0.25) is 0 Å². The number of carbonyl (C=O) groups excluding carboxylic acids is 1. The average Bonchev–Trinajstić information content (AvgIpc) is 2.89. The number of aromatic nitrogens is 2. The van der Waals surface area contributed by atoms with E-state index in [1.807, 2.05) is 36.4 Å². The zero-order valence-electron chi connectivity index (χ0n) is 19.2. The van der Waals surface area contributed by atoms with E-state index in [-0.39, 0.29) is 5.91 Å². The molecule has 0 radical (unpaired) electrons. The van der Waals surface area contributed by atoms with Gasteiger partial charge in [0, 0.05) is 46.5 Å². The molecule has 1 aliphatic rings. The lowest BCUT2D eigenvalue weighted by Crippen LogP contribution is -2.12. The van der Waals surface area contributed by atoms with Crippen LogP contribution in [0.15, 0.2) is 60.9 Å². The first kappa shape index (κ1) is 21.7. The second-order valence-electron chi connectivity index (χ2n) is 8.24. The fourth-order valence-electron chi connectivity index (χ4n) is 4.41. The maximum Gasteiger partial charge on any atom is 0.255 e. The summed E-state index contributed by atoms with van der Waals surface area (Å²) in [5.41, 5.74) is 6.44. The van der Waals surface area contributed by atoms with E-state index in [9.17, 15) is 4.79 Å². The fourth-order valence-corrected chi connectivity index (χ4v) is 4.41. The lowest BCUT2D eigenvalue weighted by Gasteiger charge is -2.22. The van der Waals surface area contributed by atoms with Crippen molar-refractivity contribution in [3.63, 3.8) is 0 Å². The molecule has 172 valence electrons. The van der Waals surface area contributed by atoms with Gasteiger partial charge in [0.05, 0.1) is 25.4 Å². The van der Waals surface area contributed by atoms with Crippen molar-refractivity contribution < 1.29 is 14.3 Å². The monoisotopic (exact) mass is 454 g/mol. The number of rotatable bonds is 6. The molecule has 1 amide bonds. The highest BCUT2D eigenvalue weighted by Gasteiger charge is 2.19. The van der Waals surface area contributed by atoms with Crippen molar-refractivity contribution in [1.29, 1.82) is 0 Å². The first-order valence-electron chi connectivity index (χ1n) is 11.3. The molecule has 0 atom stereocenters. The summed E-state index contributed by atoms with van der Waals surface area (Å²) in [5, 5.41) is 7.57. The molecule has 0 saturated carbocycles. The minimum atomic E-state index is -0.179. The van der Waals surface area contributed by atoms with Gasteiger partial charge in [-0.2, -0.15) is 0 Å². The molecule has 0 spiro atoms. The highest BCUT2D eigenvalue weighted by Crippen LogP contribution is 2.38. The van der Waals surface area contributed by atoms with Crippen molar-refractivity contribution in [2.45, 2.75) is 25.7 Å². The third-order valence-corrected chi connectivity index (χ3v) is 6.12. The number of hydrogen-bond donors (Lipinski definition) is 2. The van der Waals surface area contributed by atoms with Crippen molar-refractivity contribution >= 4 is 33.9 Å². The molecule has 2 aromatic heterocycles. The van der Waals surface area contributed by atoms with E-state index in [4.69, 9.17) is 14.5 Å². The lowest BCUT2D eigenvalue weighted by molar-refractivity contribution is 0.102. The topological polar surface area (TPSA) is 85.4 Å². The molecule has 0 bridgehead atoms. The number of ether oxygens (including phenoxy) is 2. The first-order valence-corrected chi connectivity index (χ1v) is 11.3. The van der Waals surface area contributed by atoms with Crippen LogP contribution in [0.5, 0.6) is 11.5 Å². The molecule has 0 saturated heterocycles. The van der Waals surface area contributed by atoms with Gasteiger partial charge < -0.3 is 20.1 Å². The molecule has 7 nitrogen and oxygen atoms in total. The van der Waals surface area contributed by atoms with Crippen LogP contribution < -0.4 is 20.1 Å². The van der Waals surface area contributed by atoms with Crippen molar-refractivity contribution in [2.75, 3.05) is 24.9 Å². The molecule has 2 N–H and O–H groups in total. The van der Waals surface area contributed by atoms with Crippen LogP contribution in [0.2, 0.25) is 0 Å². The Bertz CT molecular complexity index is 1360. The van der Waals surface area contributed by atoms with Gasteiger partial charge in [0.25, 0.3) is 5.91 Å². The number of aryl methyl sites for hydroxylation is 1. The number of carbonyl (C=O) groups is 1. The highest BCUT2D eigenvalue weighted by molar-refractivity contribution is 6.06. The van der Waals surface area contributed by atoms with Gasteiger partial charge in [0.15, 0.2) is 11.5 Å². The number of amides is 1. The molecular formula is C27H26N4O3. The smallest absolute Gasteiger partial charge is 0.255 e. The fraction of sp³-hybridized carbons (Fsp3) is 0.222. The molecule has 7 heteroatoms. The summed E-state index contributed by atoms with van der Waals surface area (Å²) in [7, 11) is 3.25. The van der Waals surface area contributed by atoms with E-state index >= 15 is 0 Å². The molecule has 5 rings (SSSR count). The molecule has 0 fully saturated rings. The van der Waals surface area contributed by atoms with Crippen molar-refractivity contribution in [2.24, 2.45) is 0 Å². The van der Waals surface area contributed by atoms with E-state index < -0.39 is 0 Å². The van der Waals surface area contributed by atoms with Gasteiger partial charge >= 0.3 is 0 Å². The van der Waals surface area contributed by atoms with Crippen molar-refractivity contribution in [1.82, 2.24) is 9.97 Å². The van der Waals surface area contributed by atoms with Gasteiger partial charge in [-0.25, -0.2) is 0 Å². The number of hydrogen-bond acceptors (Lipinski definition) is 6. The lowest BCUT2D eigenvalue weighted by atomic mass is 9.92. The SMILES string of the molecule is COc1ccc(Nc2c3c(nc4ccc(NC(=O)c5ccncc5)cc24)CCCC3)cc1OC. The number of fused-ring (bicyclic) bond motifs is 2. The van der Waals surface area contributed by atoms with Crippen LogP contribution in [0.4, 0.5) is 17.1 Å². The molecule has 34 heavy (non-hydrogen) atoms. The Labute approximate surface area is 198 Å². The predicted octanol–water partition coefficient (Wildman–Crippen LogP) is 5.52. The van der Waals surface area contributed by atoms with Gasteiger partial charge in [-0.05, 0) is 73.7 Å². The minimum absolute atomic E-state index is 0.179. The van der Waals surface area contributed by atoms with Crippen LogP contribution in [-0.4, -0.2) is 30.1 Å². The number of anilines is 3. The van der Waals surface area contributed by atoms with Crippen LogP contribution in [0, 0.1) is 0 Å². The Morgan fingerprint density at radius 3 is 2.44 bits per heavy atom. The molecule has 1 aliphatic carbocycles. The third-order valence-electron chi connectivity index (χ3n) is 6.12. The van der Waals surface area contributed by atoms with Gasteiger partial charge in [-0.3, -0.25) is 14.8 Å². The maximum absolute atomic E-state index is 12.7. The number of methoxy groups -OCH3 is 2. The normalized spacial score (nSPS) is 12.6. The highest BCUT2D eigenvalue weighted by atomic mass is 16.5. The maximum atomic E-state index is 12.7. The summed E-state index contributed by atoms with van der Waals surface area (Å²) in [5.74, 6) is 1.16. The second kappa shape index (κ2) is 9.39. The van der Waals surface area contributed by atoms with E-state index in [2.05, 4.69) is 15.6 Å². The Morgan fingerprint density at radius 2 is 1.65 bits per heavy atom. The summed E-state index contributed by atoms with van der Waals surface area (Å²) in [4.78, 5) is 21.6. The van der Waals surface area contributed by atoms with E-state index in [0.29, 0.717) is 22.7 Å². The molecule has 0 unspecified atom stereocenters. The molecular weight excluding hydrogens is 428 g/mol. The summed E-state index contributed by atoms with van der Waals surface area (Å²) in [6.45, 7) is 0. The first-order chi connectivity index (χ1) is 16.7. The summed E-state index contributed by atoms with van der Waals surface area (Å²) < 4.78 is 10.9. The Kier molecular flexibility index (Phi) is 5.99. The molecule has 2 aromatic carbocycles. The Morgan fingerprint density at radius 1 is 0.882 bits per heavy atom. The Hall–Kier alpha value is -4.13. The molecule has 0 aliphatic heterocycles. The van der Waals surface area contributed by atoms with Crippen molar-refractivity contribution in [3.8, 4) is 11.5 Å². The van der Waals surface area contributed by atoms with Crippen LogP contribution in [0.1, 0.15) is 34.5 Å². The van der Waals surface area contributed by atoms with Gasteiger partial charge in [-0.1, -0.05) is 0 Å². The van der Waals surface area contributed by atoms with E-state index in [1.165, 1.54) is 5.56 Å². The van der Waals surface area contributed by atoms with Crippen molar-refractivity contribution in [3.05, 3.63) is 77.7 Å². The summed E-state index contributed by atoms with van der Waals surface area (Å²) in [6.07, 6.45) is 7.40. The number of benzene rings is 2. The zero-order chi connectivity index (χ0) is 23.5. The molecule has 2 heterocycles. The van der Waals surface area contributed by atoms with Crippen LogP contribution in [0.3, 0.4) is 0 Å². The second-order valence-corrected chi connectivity index (χ2v) is 8.24. The molecule has 4 aromatic rings. The zero-order valence-corrected chi connectivity index (χ0v) is 19.2. The van der Waals surface area contributed by atoms with Gasteiger partial charge in [-0.15, -0.1) is 0 Å². The van der Waals surface area contributed by atoms with E-state index in [0.717, 1.165) is 53.7 Å². The van der Waals surface area contributed by atoms with E-state index in [1.54, 1.807) is 38.7 Å².